The summed E-state index contributed by atoms with van der Waals surface area (Å²) >= 11 is 6.28. The average molecular weight is 381 g/mol. The number of ether oxygens (including phenoxy) is 1. The summed E-state index contributed by atoms with van der Waals surface area (Å²) in [5.41, 5.74) is 2.31. The average Bonchev–Trinajstić information content (AvgIpc) is 2.64. The highest BCUT2D eigenvalue weighted by Crippen LogP contribution is 2.34. The van der Waals surface area contributed by atoms with Gasteiger partial charge >= 0.3 is 0 Å². The van der Waals surface area contributed by atoms with Gasteiger partial charge < -0.3 is 30.3 Å². The number of benzene rings is 2. The Morgan fingerprint density at radius 3 is 2.27 bits per heavy atom. The van der Waals surface area contributed by atoms with Gasteiger partial charge in [0.05, 0.1) is 6.61 Å². The summed E-state index contributed by atoms with van der Waals surface area (Å²) < 4.78 is 5.59. The van der Waals surface area contributed by atoms with E-state index in [0.29, 0.717) is 17.0 Å². The number of aromatic hydroxyl groups is 1. The molecule has 3 rings (SSSR count). The minimum atomic E-state index is -1.43. The van der Waals surface area contributed by atoms with Crippen LogP contribution in [0.5, 0.6) is 5.75 Å². The van der Waals surface area contributed by atoms with Crippen LogP contribution in [0.1, 0.15) is 22.8 Å². The molecule has 1 saturated heterocycles. The second kappa shape index (κ2) is 7.92. The van der Waals surface area contributed by atoms with Crippen LogP contribution in [0.4, 0.5) is 0 Å². The Labute approximate surface area is 155 Å². The normalized spacial score (nSPS) is 28.9. The molecule has 1 aliphatic heterocycles. The van der Waals surface area contributed by atoms with Gasteiger partial charge in [-0.25, -0.2) is 0 Å². The van der Waals surface area contributed by atoms with Crippen molar-refractivity contribution in [2.24, 2.45) is 0 Å². The maximum Gasteiger partial charge on any atom is 0.115 e. The largest absolute Gasteiger partial charge is 0.508 e. The number of aliphatic hydroxyl groups is 4. The van der Waals surface area contributed by atoms with Gasteiger partial charge in [-0.3, -0.25) is 0 Å². The van der Waals surface area contributed by atoms with Gasteiger partial charge in [-0.05, 0) is 41.3 Å². The fraction of sp³-hybridized carbons (Fsp3) is 0.368. The monoisotopic (exact) mass is 380 g/mol. The lowest BCUT2D eigenvalue weighted by Gasteiger charge is -2.40. The van der Waals surface area contributed by atoms with Crippen LogP contribution in [0.25, 0.3) is 0 Å². The maximum absolute atomic E-state index is 10.3. The van der Waals surface area contributed by atoms with E-state index in [1.807, 2.05) is 0 Å². The third-order valence-electron chi connectivity index (χ3n) is 4.62. The van der Waals surface area contributed by atoms with Gasteiger partial charge in [-0.15, -0.1) is 0 Å². The van der Waals surface area contributed by atoms with Gasteiger partial charge in [0.25, 0.3) is 0 Å². The van der Waals surface area contributed by atoms with Crippen LogP contribution in [0, 0.1) is 0 Å². The van der Waals surface area contributed by atoms with Gasteiger partial charge in [0.2, 0.25) is 0 Å². The summed E-state index contributed by atoms with van der Waals surface area (Å²) in [5, 5.41) is 49.4. The number of rotatable bonds is 4. The third-order valence-corrected chi connectivity index (χ3v) is 4.99. The first kappa shape index (κ1) is 19.1. The van der Waals surface area contributed by atoms with Gasteiger partial charge in [0.1, 0.15) is 36.3 Å². The van der Waals surface area contributed by atoms with E-state index in [4.69, 9.17) is 16.3 Å². The Balaban J connectivity index is 1.87. The zero-order chi connectivity index (χ0) is 18.8. The molecule has 26 heavy (non-hydrogen) atoms. The van der Waals surface area contributed by atoms with Crippen LogP contribution in [-0.4, -0.2) is 56.6 Å². The molecule has 140 valence electrons. The number of hydrogen-bond acceptors (Lipinski definition) is 6. The van der Waals surface area contributed by atoms with Crippen molar-refractivity contribution in [2.75, 3.05) is 6.61 Å². The summed E-state index contributed by atoms with van der Waals surface area (Å²) in [6.45, 7) is -0.477. The van der Waals surface area contributed by atoms with Crippen molar-refractivity contribution in [3.05, 3.63) is 64.2 Å². The predicted octanol–water partition coefficient (Wildman–Crippen LogP) is 1.15. The van der Waals surface area contributed by atoms with Crippen molar-refractivity contribution in [3.8, 4) is 5.75 Å². The topological polar surface area (TPSA) is 110 Å². The van der Waals surface area contributed by atoms with Crippen LogP contribution in [0.3, 0.4) is 0 Å². The molecular weight excluding hydrogens is 360 g/mol. The molecule has 0 aromatic heterocycles. The maximum atomic E-state index is 10.3. The van der Waals surface area contributed by atoms with Crippen LogP contribution in [-0.2, 0) is 11.2 Å². The Morgan fingerprint density at radius 2 is 1.62 bits per heavy atom. The molecule has 7 heteroatoms. The standard InChI is InChI=1S/C19H21ClO6/c20-14-6-3-11(8-12(14)7-10-1-4-13(22)5-2-10)19-18(25)17(24)16(23)15(9-21)26-19/h1-6,8,15-19,21-25H,7,9H2/t15-,16-,17?,18-,19+/m1/s1. The summed E-state index contributed by atoms with van der Waals surface area (Å²) in [7, 11) is 0. The number of aliphatic hydroxyl groups excluding tert-OH is 4. The molecule has 0 amide bonds. The van der Waals surface area contributed by atoms with Crippen LogP contribution in [0.2, 0.25) is 5.02 Å². The first-order valence-corrected chi connectivity index (χ1v) is 8.65. The molecule has 6 nitrogen and oxygen atoms in total. The molecule has 1 aliphatic rings. The van der Waals surface area contributed by atoms with Gasteiger partial charge in [-0.2, -0.15) is 0 Å². The molecule has 0 spiro atoms. The fourth-order valence-electron chi connectivity index (χ4n) is 3.12. The lowest BCUT2D eigenvalue weighted by atomic mass is 9.90. The van der Waals surface area contributed by atoms with Crippen molar-refractivity contribution in [3.63, 3.8) is 0 Å². The smallest absolute Gasteiger partial charge is 0.115 e. The summed E-state index contributed by atoms with van der Waals surface area (Å²) in [4.78, 5) is 0. The lowest BCUT2D eigenvalue weighted by molar-refractivity contribution is -0.231. The molecule has 0 radical (unpaired) electrons. The molecule has 0 bridgehead atoms. The Kier molecular flexibility index (Phi) is 5.82. The molecule has 5 N–H and O–H groups in total. The van der Waals surface area contributed by atoms with Crippen LogP contribution in [0.15, 0.2) is 42.5 Å². The Bertz CT molecular complexity index is 748. The molecule has 2 aromatic carbocycles. The molecule has 0 aliphatic carbocycles. The first-order chi connectivity index (χ1) is 12.4. The van der Waals surface area contributed by atoms with Crippen molar-refractivity contribution in [1.29, 1.82) is 0 Å². The van der Waals surface area contributed by atoms with E-state index in [2.05, 4.69) is 0 Å². The highest BCUT2D eigenvalue weighted by Gasteiger charge is 2.43. The number of phenolic OH excluding ortho intramolecular Hbond substituents is 1. The van der Waals surface area contributed by atoms with E-state index in [9.17, 15) is 25.5 Å². The third kappa shape index (κ3) is 3.86. The Hall–Kier alpha value is -1.67. The zero-order valence-electron chi connectivity index (χ0n) is 13.9. The predicted molar refractivity (Wildman–Crippen MR) is 95.1 cm³/mol. The lowest BCUT2D eigenvalue weighted by Crippen LogP contribution is -2.55. The number of hydrogen-bond donors (Lipinski definition) is 5. The minimum Gasteiger partial charge on any atom is -0.508 e. The number of halogens is 1. The van der Waals surface area contributed by atoms with Crippen LogP contribution < -0.4 is 0 Å². The van der Waals surface area contributed by atoms with Gasteiger partial charge in [0.15, 0.2) is 0 Å². The second-order valence-electron chi connectivity index (χ2n) is 6.44. The zero-order valence-corrected chi connectivity index (χ0v) is 14.6. The summed E-state index contributed by atoms with van der Waals surface area (Å²) in [6, 6.07) is 11.9. The van der Waals surface area contributed by atoms with Gasteiger partial charge in [0, 0.05) is 5.02 Å². The molecule has 5 atom stereocenters. The van der Waals surface area contributed by atoms with E-state index in [1.165, 1.54) is 0 Å². The summed E-state index contributed by atoms with van der Waals surface area (Å²) in [5.74, 6) is 0.176. The highest BCUT2D eigenvalue weighted by molar-refractivity contribution is 6.31. The molecule has 1 fully saturated rings. The fourth-order valence-corrected chi connectivity index (χ4v) is 3.30. The molecular formula is C19H21ClO6. The molecule has 1 unspecified atom stereocenters. The number of phenols is 1. The van der Waals surface area contributed by atoms with E-state index in [-0.39, 0.29) is 5.75 Å². The molecule has 2 aromatic rings. The van der Waals surface area contributed by atoms with E-state index < -0.39 is 37.1 Å². The van der Waals surface area contributed by atoms with E-state index >= 15 is 0 Å². The van der Waals surface area contributed by atoms with Crippen molar-refractivity contribution in [1.82, 2.24) is 0 Å². The van der Waals surface area contributed by atoms with Crippen LogP contribution >= 0.6 is 11.6 Å². The van der Waals surface area contributed by atoms with Crippen molar-refractivity contribution < 1.29 is 30.3 Å². The van der Waals surface area contributed by atoms with Crippen molar-refractivity contribution in [2.45, 2.75) is 36.9 Å². The van der Waals surface area contributed by atoms with E-state index in [0.717, 1.165) is 11.1 Å². The minimum absolute atomic E-state index is 0.176. The first-order valence-electron chi connectivity index (χ1n) is 8.27. The second-order valence-corrected chi connectivity index (χ2v) is 6.85. The SMILES string of the molecule is OC[C@H]1O[C@@H](c2ccc(Cl)c(Cc3ccc(O)cc3)c2)[C@H](O)C(O)[C@@H]1O. The van der Waals surface area contributed by atoms with Gasteiger partial charge in [-0.1, -0.05) is 35.9 Å². The molecule has 0 saturated carbocycles. The summed E-state index contributed by atoms with van der Waals surface area (Å²) in [6.07, 6.45) is -5.52. The van der Waals surface area contributed by atoms with E-state index in [1.54, 1.807) is 42.5 Å². The highest BCUT2D eigenvalue weighted by atomic mass is 35.5. The Morgan fingerprint density at radius 1 is 0.923 bits per heavy atom. The van der Waals surface area contributed by atoms with Crippen molar-refractivity contribution >= 4 is 11.6 Å². The quantitative estimate of drug-likeness (QED) is 0.544. The molecule has 1 heterocycles.